The van der Waals surface area contributed by atoms with Crippen LogP contribution in [0.3, 0.4) is 0 Å². The van der Waals surface area contributed by atoms with E-state index in [-0.39, 0.29) is 12.5 Å². The van der Waals surface area contributed by atoms with Gasteiger partial charge in [-0.25, -0.2) is 4.98 Å². The molecule has 1 aliphatic rings. The van der Waals surface area contributed by atoms with E-state index in [1.807, 2.05) is 35.0 Å². The predicted octanol–water partition coefficient (Wildman–Crippen LogP) is 3.47. The van der Waals surface area contributed by atoms with Crippen molar-refractivity contribution in [1.29, 1.82) is 5.26 Å². The Morgan fingerprint density at radius 3 is 2.88 bits per heavy atom. The van der Waals surface area contributed by atoms with Crippen molar-refractivity contribution >= 4 is 5.91 Å². The van der Waals surface area contributed by atoms with Crippen molar-refractivity contribution in [3.05, 3.63) is 77.9 Å². The van der Waals surface area contributed by atoms with E-state index < -0.39 is 5.41 Å². The third kappa shape index (κ3) is 4.23. The van der Waals surface area contributed by atoms with E-state index in [0.717, 1.165) is 24.0 Å². The summed E-state index contributed by atoms with van der Waals surface area (Å²) < 4.78 is 8.06. The lowest BCUT2D eigenvalue weighted by Gasteiger charge is -2.32. The molecule has 1 atom stereocenters. The smallest absolute Gasteiger partial charge is 0.235 e. The number of hydrogen-bond acceptors (Lipinski definition) is 5. The summed E-state index contributed by atoms with van der Waals surface area (Å²) in [4.78, 5) is 18.9. The molecular formula is C25H26N4O3. The number of aliphatic hydroxyl groups excluding tert-OH is 1. The second-order valence-electron chi connectivity index (χ2n) is 8.23. The molecule has 32 heavy (non-hydrogen) atoms. The van der Waals surface area contributed by atoms with Crippen LogP contribution in [0.1, 0.15) is 36.0 Å². The number of imidazole rings is 1. The third-order valence-corrected chi connectivity index (χ3v) is 6.08. The van der Waals surface area contributed by atoms with E-state index in [9.17, 15) is 15.2 Å². The monoisotopic (exact) mass is 430 g/mol. The van der Waals surface area contributed by atoms with Gasteiger partial charge in [0.05, 0.1) is 23.9 Å². The fraction of sp³-hybridized carbons (Fsp3) is 0.320. The number of benzene rings is 2. The van der Waals surface area contributed by atoms with Gasteiger partial charge in [0.2, 0.25) is 5.91 Å². The molecule has 1 aliphatic heterocycles. The van der Waals surface area contributed by atoms with Crippen LogP contribution in [0.15, 0.2) is 61.2 Å². The number of ether oxygens (including phenoxy) is 1. The van der Waals surface area contributed by atoms with Gasteiger partial charge in [0.1, 0.15) is 17.6 Å². The molecule has 1 unspecified atom stereocenters. The van der Waals surface area contributed by atoms with E-state index >= 15 is 0 Å². The van der Waals surface area contributed by atoms with Crippen LogP contribution < -0.4 is 4.74 Å². The largest absolute Gasteiger partial charge is 0.456 e. The molecule has 4 rings (SSSR count). The second kappa shape index (κ2) is 9.25. The molecule has 1 aromatic heterocycles. The molecular weight excluding hydrogens is 404 g/mol. The Morgan fingerprint density at radius 2 is 2.12 bits per heavy atom. The van der Waals surface area contributed by atoms with Crippen LogP contribution in [0, 0.1) is 11.3 Å². The molecule has 1 N–H and O–H groups in total. The molecule has 0 aliphatic carbocycles. The number of likely N-dealkylation sites (tertiary alicyclic amines) is 1. The number of likely N-dealkylation sites (N-methyl/N-ethyl adjacent to an activating group) is 1. The number of rotatable bonds is 6. The van der Waals surface area contributed by atoms with Crippen molar-refractivity contribution in [3.63, 3.8) is 0 Å². The minimum atomic E-state index is -0.980. The standard InChI is InChI=1S/C25H26N4O3/c1-28-11-3-2-9-25(17-30,24(28)31)21-5-4-6-22(14-21)32-23-13-19(7-8-20(23)15-26)16-29-12-10-27-18-29/h4-8,10,12-14,18,30H,2-3,9,11,16-17H2,1H3. The van der Waals surface area contributed by atoms with Crippen LogP contribution in [0.25, 0.3) is 0 Å². The summed E-state index contributed by atoms with van der Waals surface area (Å²) in [6.45, 7) is 1.03. The van der Waals surface area contributed by atoms with Gasteiger partial charge in [0.25, 0.3) is 0 Å². The molecule has 7 nitrogen and oxygen atoms in total. The maximum Gasteiger partial charge on any atom is 0.235 e. The fourth-order valence-electron chi connectivity index (χ4n) is 4.27. The van der Waals surface area contributed by atoms with Gasteiger partial charge in [-0.15, -0.1) is 0 Å². The maximum absolute atomic E-state index is 13.1. The number of carbonyl (C=O) groups is 1. The van der Waals surface area contributed by atoms with Crippen LogP contribution in [0.4, 0.5) is 0 Å². The van der Waals surface area contributed by atoms with Gasteiger partial charge in [-0.1, -0.05) is 24.6 Å². The van der Waals surface area contributed by atoms with Gasteiger partial charge in [-0.3, -0.25) is 4.79 Å². The first-order chi connectivity index (χ1) is 15.6. The summed E-state index contributed by atoms with van der Waals surface area (Å²) in [5.74, 6) is 0.894. The first kappa shape index (κ1) is 21.6. The Hall–Kier alpha value is -3.63. The van der Waals surface area contributed by atoms with Crippen molar-refractivity contribution in [3.8, 4) is 17.6 Å². The van der Waals surface area contributed by atoms with Crippen LogP contribution >= 0.6 is 0 Å². The van der Waals surface area contributed by atoms with Crippen LogP contribution in [-0.2, 0) is 16.8 Å². The highest BCUT2D eigenvalue weighted by atomic mass is 16.5. The van der Waals surface area contributed by atoms with Crippen molar-refractivity contribution in [2.75, 3.05) is 20.2 Å². The average Bonchev–Trinajstić information content (AvgIpc) is 3.27. The van der Waals surface area contributed by atoms with Crippen LogP contribution in [-0.4, -0.2) is 45.7 Å². The molecule has 2 aromatic carbocycles. The van der Waals surface area contributed by atoms with Gasteiger partial charge in [-0.05, 0) is 48.2 Å². The quantitative estimate of drug-likeness (QED) is 0.647. The summed E-state index contributed by atoms with van der Waals surface area (Å²) in [6.07, 6.45) is 7.68. The average molecular weight is 431 g/mol. The molecule has 2 heterocycles. The summed E-state index contributed by atoms with van der Waals surface area (Å²) >= 11 is 0. The number of nitriles is 1. The lowest BCUT2D eigenvalue weighted by Crippen LogP contribution is -2.46. The normalized spacial score (nSPS) is 18.8. The van der Waals surface area contributed by atoms with E-state index in [1.165, 1.54) is 0 Å². The van der Waals surface area contributed by atoms with E-state index in [1.54, 1.807) is 42.7 Å². The Morgan fingerprint density at radius 1 is 1.25 bits per heavy atom. The molecule has 0 spiro atoms. The molecule has 1 amide bonds. The van der Waals surface area contributed by atoms with E-state index in [2.05, 4.69) is 11.1 Å². The van der Waals surface area contributed by atoms with Crippen molar-refractivity contribution in [1.82, 2.24) is 14.5 Å². The number of hydrogen-bond donors (Lipinski definition) is 1. The van der Waals surface area contributed by atoms with E-state index in [0.29, 0.717) is 36.6 Å². The molecule has 0 bridgehead atoms. The summed E-state index contributed by atoms with van der Waals surface area (Å²) in [5.41, 5.74) is 1.14. The second-order valence-corrected chi connectivity index (χ2v) is 8.23. The van der Waals surface area contributed by atoms with Gasteiger partial charge < -0.3 is 19.3 Å². The highest BCUT2D eigenvalue weighted by molar-refractivity contribution is 5.88. The van der Waals surface area contributed by atoms with Gasteiger partial charge in [0.15, 0.2) is 0 Å². The molecule has 0 radical (unpaired) electrons. The predicted molar refractivity (Wildman–Crippen MR) is 119 cm³/mol. The number of aliphatic hydroxyl groups is 1. The Labute approximate surface area is 187 Å². The zero-order valence-electron chi connectivity index (χ0n) is 18.1. The molecule has 1 saturated heterocycles. The minimum Gasteiger partial charge on any atom is -0.456 e. The highest BCUT2D eigenvalue weighted by Crippen LogP contribution is 2.37. The first-order valence-electron chi connectivity index (χ1n) is 10.7. The van der Waals surface area contributed by atoms with Crippen LogP contribution in [0.2, 0.25) is 0 Å². The zero-order valence-corrected chi connectivity index (χ0v) is 18.1. The summed E-state index contributed by atoms with van der Waals surface area (Å²) in [6, 6.07) is 14.9. The highest BCUT2D eigenvalue weighted by Gasteiger charge is 2.42. The van der Waals surface area contributed by atoms with Crippen LogP contribution in [0.5, 0.6) is 11.5 Å². The van der Waals surface area contributed by atoms with Crippen molar-refractivity contribution in [2.24, 2.45) is 0 Å². The fourth-order valence-corrected chi connectivity index (χ4v) is 4.27. The minimum absolute atomic E-state index is 0.0744. The molecule has 7 heteroatoms. The molecule has 164 valence electrons. The summed E-state index contributed by atoms with van der Waals surface area (Å²) in [5, 5.41) is 19.8. The third-order valence-electron chi connectivity index (χ3n) is 6.08. The Kier molecular flexibility index (Phi) is 6.24. The molecule has 3 aromatic rings. The molecule has 1 fully saturated rings. The first-order valence-corrected chi connectivity index (χ1v) is 10.7. The topological polar surface area (TPSA) is 91.4 Å². The lowest BCUT2D eigenvalue weighted by atomic mass is 9.76. The zero-order chi connectivity index (χ0) is 22.6. The number of amides is 1. The van der Waals surface area contributed by atoms with Gasteiger partial charge in [-0.2, -0.15) is 5.26 Å². The van der Waals surface area contributed by atoms with Gasteiger partial charge in [0, 0.05) is 32.5 Å². The lowest BCUT2D eigenvalue weighted by molar-refractivity contribution is -0.137. The Balaban J connectivity index is 1.65. The summed E-state index contributed by atoms with van der Waals surface area (Å²) in [7, 11) is 1.78. The van der Waals surface area contributed by atoms with Crippen molar-refractivity contribution < 1.29 is 14.6 Å². The van der Waals surface area contributed by atoms with Crippen molar-refractivity contribution in [2.45, 2.75) is 31.2 Å². The molecule has 0 saturated carbocycles. The number of nitrogens with zero attached hydrogens (tertiary/aromatic N) is 4. The Bertz CT molecular complexity index is 1140. The number of aromatic nitrogens is 2. The SMILES string of the molecule is CN1CCCCC(CO)(c2cccc(Oc3cc(Cn4ccnc4)ccc3C#N)c2)C1=O. The number of carbonyl (C=O) groups excluding carboxylic acids is 1. The van der Waals surface area contributed by atoms with E-state index in [4.69, 9.17) is 4.74 Å². The van der Waals surface area contributed by atoms with Gasteiger partial charge >= 0.3 is 0 Å². The maximum atomic E-state index is 13.1.